The molecule has 2 nitrogen and oxygen atoms in total. The topological polar surface area (TPSA) is 43.1 Å². The number of benzene rings is 2. The second kappa shape index (κ2) is 6.35. The third-order valence-electron chi connectivity index (χ3n) is 3.00. The lowest BCUT2D eigenvalue weighted by Gasteiger charge is -2.12. The Bertz CT molecular complexity index is 761. The summed E-state index contributed by atoms with van der Waals surface area (Å²) in [5.74, 6) is -0.367. The minimum Gasteiger partial charge on any atom is -0.398 e. The van der Waals surface area contributed by atoms with Crippen molar-refractivity contribution in [1.82, 2.24) is 0 Å². The Balaban J connectivity index is 2.70. The van der Waals surface area contributed by atoms with E-state index < -0.39 is 0 Å². The molecule has 0 saturated heterocycles. The van der Waals surface area contributed by atoms with Crippen LogP contribution in [0.25, 0.3) is 0 Å². The summed E-state index contributed by atoms with van der Waals surface area (Å²) in [4.78, 5) is 12.7. The van der Waals surface area contributed by atoms with Gasteiger partial charge in [-0.15, -0.1) is 0 Å². The summed E-state index contributed by atoms with van der Waals surface area (Å²) in [5.41, 5.74) is 7.50. The molecule has 0 atom stereocenters. The molecule has 0 aliphatic rings. The van der Waals surface area contributed by atoms with Crippen molar-refractivity contribution in [2.24, 2.45) is 0 Å². The van der Waals surface area contributed by atoms with E-state index in [1.165, 1.54) is 6.07 Å². The van der Waals surface area contributed by atoms with Gasteiger partial charge >= 0.3 is 0 Å². The Kier molecular flexibility index (Phi) is 5.11. The fraction of sp³-hybridized carbons (Fsp3) is 0.0714. The van der Waals surface area contributed by atoms with Gasteiger partial charge in [0.2, 0.25) is 0 Å². The highest BCUT2D eigenvalue weighted by molar-refractivity contribution is 9.10. The number of hydrogen-bond donors (Lipinski definition) is 1. The number of halogens is 5. The van der Waals surface area contributed by atoms with E-state index >= 15 is 0 Å². The highest BCUT2D eigenvalue weighted by atomic mass is 79.9. The van der Waals surface area contributed by atoms with Crippen LogP contribution in [0.3, 0.4) is 0 Å². The van der Waals surface area contributed by atoms with Crippen LogP contribution in [-0.2, 0) is 0 Å². The average Bonchev–Trinajstić information content (AvgIpc) is 2.40. The van der Waals surface area contributed by atoms with Crippen LogP contribution in [0.15, 0.2) is 22.7 Å². The van der Waals surface area contributed by atoms with E-state index in [9.17, 15) is 4.79 Å². The van der Waals surface area contributed by atoms with Gasteiger partial charge in [-0.25, -0.2) is 0 Å². The van der Waals surface area contributed by atoms with Crippen molar-refractivity contribution < 1.29 is 4.79 Å². The van der Waals surface area contributed by atoms with E-state index in [1.807, 2.05) is 0 Å². The fourth-order valence-corrected chi connectivity index (χ4v) is 3.40. The van der Waals surface area contributed by atoms with E-state index in [1.54, 1.807) is 19.1 Å². The third-order valence-corrected chi connectivity index (χ3v) is 5.02. The minimum atomic E-state index is -0.367. The van der Waals surface area contributed by atoms with E-state index in [-0.39, 0.29) is 31.4 Å². The lowest BCUT2D eigenvalue weighted by atomic mass is 9.98. The van der Waals surface area contributed by atoms with Gasteiger partial charge in [0.15, 0.2) is 5.78 Å². The van der Waals surface area contributed by atoms with Gasteiger partial charge < -0.3 is 5.73 Å². The molecule has 0 heterocycles. The molecule has 0 fully saturated rings. The normalized spacial score (nSPS) is 10.8. The van der Waals surface area contributed by atoms with Gasteiger partial charge in [-0.2, -0.15) is 0 Å². The van der Waals surface area contributed by atoms with Crippen molar-refractivity contribution in [3.05, 3.63) is 59.5 Å². The average molecular weight is 428 g/mol. The molecule has 2 N–H and O–H groups in total. The molecule has 2 aromatic rings. The maximum Gasteiger partial charge on any atom is 0.196 e. The smallest absolute Gasteiger partial charge is 0.196 e. The van der Waals surface area contributed by atoms with Crippen LogP contribution in [0.2, 0.25) is 20.1 Å². The molecule has 7 heteroatoms. The molecule has 0 radical (unpaired) electrons. The van der Waals surface area contributed by atoms with Crippen LogP contribution in [0.4, 0.5) is 5.69 Å². The molecule has 2 rings (SSSR count). The van der Waals surface area contributed by atoms with Crippen LogP contribution in [0, 0.1) is 6.92 Å². The summed E-state index contributed by atoms with van der Waals surface area (Å²) in [6.07, 6.45) is 0. The van der Waals surface area contributed by atoms with Gasteiger partial charge in [0, 0.05) is 15.7 Å². The molecule has 0 aliphatic heterocycles. The number of carbonyl (C=O) groups is 1. The van der Waals surface area contributed by atoms with Gasteiger partial charge in [0.25, 0.3) is 0 Å². The Morgan fingerprint density at radius 1 is 1.05 bits per heavy atom. The number of hydrogen-bond acceptors (Lipinski definition) is 2. The number of nitrogens with two attached hydrogens (primary N) is 1. The highest BCUT2D eigenvalue weighted by Gasteiger charge is 2.23. The van der Waals surface area contributed by atoms with Crippen LogP contribution < -0.4 is 5.73 Å². The molecule has 0 aromatic heterocycles. The zero-order valence-corrected chi connectivity index (χ0v) is 15.2. The number of carbonyl (C=O) groups excluding carboxylic acids is 1. The zero-order valence-electron chi connectivity index (χ0n) is 10.6. The van der Waals surface area contributed by atoms with Crippen molar-refractivity contribution >= 4 is 73.8 Å². The van der Waals surface area contributed by atoms with Crippen LogP contribution in [0.5, 0.6) is 0 Å². The van der Waals surface area contributed by atoms with E-state index in [0.717, 1.165) is 0 Å². The first-order chi connectivity index (χ1) is 9.73. The van der Waals surface area contributed by atoms with E-state index in [4.69, 9.17) is 52.1 Å². The second-order valence-corrected chi connectivity index (χ2v) is 6.83. The van der Waals surface area contributed by atoms with E-state index in [0.29, 0.717) is 21.3 Å². The van der Waals surface area contributed by atoms with Gasteiger partial charge in [-0.3, -0.25) is 4.79 Å². The Morgan fingerprint density at radius 3 is 2.29 bits per heavy atom. The quantitative estimate of drug-likeness (QED) is 0.269. The van der Waals surface area contributed by atoms with Crippen molar-refractivity contribution in [2.45, 2.75) is 6.92 Å². The van der Waals surface area contributed by atoms with Crippen LogP contribution in [-0.4, -0.2) is 5.78 Å². The summed E-state index contributed by atoms with van der Waals surface area (Å²) in [7, 11) is 0. The highest BCUT2D eigenvalue weighted by Crippen LogP contribution is 2.39. The summed E-state index contributed by atoms with van der Waals surface area (Å²) in [6.45, 7) is 1.74. The predicted molar refractivity (Wildman–Crippen MR) is 93.2 cm³/mol. The zero-order chi connectivity index (χ0) is 15.9. The van der Waals surface area contributed by atoms with Gasteiger partial charge in [0.1, 0.15) is 0 Å². The number of ketones is 1. The SMILES string of the molecule is Cc1c(N)cc(Br)cc1C(=O)c1c(Cl)cc(Cl)c(Cl)c1Cl. The Labute approximate surface area is 150 Å². The largest absolute Gasteiger partial charge is 0.398 e. The Hall–Kier alpha value is -0.450. The monoisotopic (exact) mass is 425 g/mol. The maximum absolute atomic E-state index is 12.7. The molecule has 0 amide bonds. The molecule has 0 aliphatic carbocycles. The second-order valence-electron chi connectivity index (χ2n) is 4.34. The number of rotatable bonds is 2. The number of nitrogen functional groups attached to an aromatic ring is 1. The summed E-state index contributed by atoms with van der Waals surface area (Å²) in [6, 6.07) is 4.76. The first-order valence-electron chi connectivity index (χ1n) is 5.67. The standard InChI is InChI=1S/C14H8BrCl4NO/c1-5-7(2-6(15)3-10(5)20)14(21)11-8(16)4-9(17)12(18)13(11)19/h2-4H,20H2,1H3. The van der Waals surface area contributed by atoms with Crippen molar-refractivity contribution in [3.8, 4) is 0 Å². The number of anilines is 1. The van der Waals surface area contributed by atoms with Gasteiger partial charge in [-0.05, 0) is 30.7 Å². The van der Waals surface area contributed by atoms with Crippen molar-refractivity contribution in [3.63, 3.8) is 0 Å². The maximum atomic E-state index is 12.7. The first kappa shape index (κ1) is 16.9. The first-order valence-corrected chi connectivity index (χ1v) is 7.97. The molecule has 0 unspecified atom stereocenters. The van der Waals surface area contributed by atoms with Crippen molar-refractivity contribution in [1.29, 1.82) is 0 Å². The van der Waals surface area contributed by atoms with Crippen LogP contribution >= 0.6 is 62.3 Å². The lowest BCUT2D eigenvalue weighted by molar-refractivity contribution is 0.103. The Morgan fingerprint density at radius 2 is 1.67 bits per heavy atom. The molecule has 0 bridgehead atoms. The predicted octanol–water partition coefficient (Wildman–Crippen LogP) is 6.18. The van der Waals surface area contributed by atoms with Gasteiger partial charge in [-0.1, -0.05) is 62.3 Å². The molecule has 21 heavy (non-hydrogen) atoms. The molecule has 0 spiro atoms. The van der Waals surface area contributed by atoms with Crippen LogP contribution in [0.1, 0.15) is 21.5 Å². The third kappa shape index (κ3) is 3.17. The van der Waals surface area contributed by atoms with Gasteiger partial charge in [0.05, 0.1) is 25.7 Å². The van der Waals surface area contributed by atoms with Crippen molar-refractivity contribution in [2.75, 3.05) is 5.73 Å². The molecule has 110 valence electrons. The molecule has 0 saturated carbocycles. The minimum absolute atomic E-state index is 0.0251. The fourth-order valence-electron chi connectivity index (χ4n) is 1.84. The summed E-state index contributed by atoms with van der Waals surface area (Å²) in [5, 5.41) is 0.440. The molecule has 2 aromatic carbocycles. The molecular weight excluding hydrogens is 420 g/mol. The summed E-state index contributed by atoms with van der Waals surface area (Å²) >= 11 is 27.4. The van der Waals surface area contributed by atoms with E-state index in [2.05, 4.69) is 15.9 Å². The molecular formula is C14H8BrCl4NO. The lowest BCUT2D eigenvalue weighted by Crippen LogP contribution is -2.08. The summed E-state index contributed by atoms with van der Waals surface area (Å²) < 4.78 is 0.682.